The third-order valence-corrected chi connectivity index (χ3v) is 4.21. The topological polar surface area (TPSA) is 66.5 Å². The summed E-state index contributed by atoms with van der Waals surface area (Å²) in [6, 6.07) is 5.32. The number of ketones is 1. The summed E-state index contributed by atoms with van der Waals surface area (Å²) >= 11 is 0. The third kappa shape index (κ3) is 3.72. The van der Waals surface area contributed by atoms with Crippen molar-refractivity contribution in [1.82, 2.24) is 4.90 Å². The van der Waals surface area contributed by atoms with Crippen molar-refractivity contribution in [2.24, 2.45) is 5.92 Å². The van der Waals surface area contributed by atoms with Crippen molar-refractivity contribution in [1.29, 1.82) is 0 Å². The van der Waals surface area contributed by atoms with Gasteiger partial charge in [-0.15, -0.1) is 0 Å². The van der Waals surface area contributed by atoms with Gasteiger partial charge in [-0.1, -0.05) is 12.1 Å². The molecule has 22 heavy (non-hydrogen) atoms. The monoisotopic (exact) mass is 302 g/mol. The van der Waals surface area contributed by atoms with E-state index in [1.807, 2.05) is 13.0 Å². The molecule has 2 rings (SSSR count). The second-order valence-corrected chi connectivity index (χ2v) is 5.86. The number of hydrogen-bond donors (Lipinski definition) is 1. The molecule has 1 heterocycles. The highest BCUT2D eigenvalue weighted by Crippen LogP contribution is 2.22. The van der Waals surface area contributed by atoms with Crippen LogP contribution in [0.4, 0.5) is 5.69 Å². The number of likely N-dealkylation sites (tertiary alicyclic amines) is 1. The number of aryl methyl sites for hydroxylation is 1. The number of nitrogens with one attached hydrogen (secondary N) is 1. The highest BCUT2D eigenvalue weighted by atomic mass is 16.2. The second-order valence-electron chi connectivity index (χ2n) is 5.86. The Bertz CT molecular complexity index is 602. The number of nitrogens with zero attached hydrogens (tertiary/aromatic N) is 1. The quantitative estimate of drug-likeness (QED) is 0.872. The van der Waals surface area contributed by atoms with Crippen molar-refractivity contribution in [2.45, 2.75) is 33.6 Å². The molecule has 0 radical (unpaired) electrons. The maximum atomic E-state index is 12.4. The highest BCUT2D eigenvalue weighted by molar-refractivity contribution is 5.98. The molecule has 5 nitrogen and oxygen atoms in total. The van der Waals surface area contributed by atoms with Crippen LogP contribution in [-0.4, -0.2) is 35.6 Å². The van der Waals surface area contributed by atoms with Gasteiger partial charge in [0.25, 0.3) is 0 Å². The van der Waals surface area contributed by atoms with Gasteiger partial charge in [-0.2, -0.15) is 0 Å². The van der Waals surface area contributed by atoms with Crippen LogP contribution in [-0.2, 0) is 9.59 Å². The summed E-state index contributed by atoms with van der Waals surface area (Å²) in [5.74, 6) is -0.0860. The predicted molar refractivity (Wildman–Crippen MR) is 84.8 cm³/mol. The molecule has 0 saturated carbocycles. The summed E-state index contributed by atoms with van der Waals surface area (Å²) in [6.45, 7) is 6.21. The van der Waals surface area contributed by atoms with E-state index in [-0.39, 0.29) is 23.5 Å². The van der Waals surface area contributed by atoms with E-state index < -0.39 is 0 Å². The van der Waals surface area contributed by atoms with Crippen molar-refractivity contribution in [2.75, 3.05) is 18.4 Å². The fourth-order valence-corrected chi connectivity index (χ4v) is 2.67. The van der Waals surface area contributed by atoms with E-state index in [1.165, 1.54) is 6.92 Å². The standard InChI is InChI=1S/C17H22N2O3/c1-11-4-5-15(12(2)20)10-16(11)18-17(22)14-6-8-19(9-7-14)13(3)21/h4-5,10,14H,6-9H2,1-3H3,(H,18,22). The zero-order chi connectivity index (χ0) is 16.3. The Labute approximate surface area is 130 Å². The molecule has 118 valence electrons. The number of carbonyl (C=O) groups excluding carboxylic acids is 3. The van der Waals surface area contributed by atoms with Crippen molar-refractivity contribution in [3.63, 3.8) is 0 Å². The van der Waals surface area contributed by atoms with Crippen molar-refractivity contribution in [3.05, 3.63) is 29.3 Å². The van der Waals surface area contributed by atoms with Crippen LogP contribution in [0.1, 0.15) is 42.6 Å². The minimum absolute atomic E-state index is 0.0229. The van der Waals surface area contributed by atoms with Gasteiger partial charge in [0, 0.05) is 37.2 Å². The molecule has 1 aromatic rings. The molecule has 1 N–H and O–H groups in total. The van der Waals surface area contributed by atoms with E-state index in [0.717, 1.165) is 5.56 Å². The van der Waals surface area contributed by atoms with Crippen LogP contribution >= 0.6 is 0 Å². The lowest BCUT2D eigenvalue weighted by molar-refractivity contribution is -0.132. The van der Waals surface area contributed by atoms with Crippen LogP contribution < -0.4 is 5.32 Å². The number of hydrogen-bond acceptors (Lipinski definition) is 3. The van der Waals surface area contributed by atoms with E-state index in [0.29, 0.717) is 37.2 Å². The van der Waals surface area contributed by atoms with Gasteiger partial charge in [0.05, 0.1) is 0 Å². The number of amides is 2. The van der Waals surface area contributed by atoms with Gasteiger partial charge in [-0.3, -0.25) is 14.4 Å². The molecule has 5 heteroatoms. The fourth-order valence-electron chi connectivity index (χ4n) is 2.67. The van der Waals surface area contributed by atoms with Crippen LogP contribution in [0.3, 0.4) is 0 Å². The molecule has 2 amide bonds. The van der Waals surface area contributed by atoms with Crippen LogP contribution in [0.2, 0.25) is 0 Å². The second kappa shape index (κ2) is 6.73. The van der Waals surface area contributed by atoms with E-state index in [4.69, 9.17) is 0 Å². The van der Waals surface area contributed by atoms with E-state index >= 15 is 0 Å². The molecular formula is C17H22N2O3. The highest BCUT2D eigenvalue weighted by Gasteiger charge is 2.26. The van der Waals surface area contributed by atoms with E-state index in [9.17, 15) is 14.4 Å². The van der Waals surface area contributed by atoms with Crippen LogP contribution in [0.5, 0.6) is 0 Å². The summed E-state index contributed by atoms with van der Waals surface area (Å²) < 4.78 is 0. The number of Topliss-reactive ketones (excluding diaryl/α,β-unsaturated/α-hetero) is 1. The Morgan fingerprint density at radius 2 is 1.77 bits per heavy atom. The molecule has 0 aromatic heterocycles. The maximum Gasteiger partial charge on any atom is 0.227 e. The number of rotatable bonds is 3. The molecule has 0 aliphatic carbocycles. The number of anilines is 1. The Morgan fingerprint density at radius 1 is 1.14 bits per heavy atom. The van der Waals surface area contributed by atoms with Gasteiger partial charge in [0.1, 0.15) is 0 Å². The van der Waals surface area contributed by atoms with Crippen molar-refractivity contribution >= 4 is 23.3 Å². The normalized spacial score (nSPS) is 15.5. The van der Waals surface area contributed by atoms with Crippen LogP contribution in [0.25, 0.3) is 0 Å². The summed E-state index contributed by atoms with van der Waals surface area (Å²) in [6.07, 6.45) is 1.35. The number of piperidine rings is 1. The molecule has 1 aromatic carbocycles. The smallest absolute Gasteiger partial charge is 0.227 e. The zero-order valence-corrected chi connectivity index (χ0v) is 13.3. The fraction of sp³-hybridized carbons (Fsp3) is 0.471. The van der Waals surface area contributed by atoms with Gasteiger partial charge >= 0.3 is 0 Å². The molecule has 0 spiro atoms. The average Bonchev–Trinajstić information content (AvgIpc) is 2.49. The molecule has 1 fully saturated rings. The molecule has 1 aliphatic rings. The first-order valence-corrected chi connectivity index (χ1v) is 7.56. The molecule has 0 unspecified atom stereocenters. The van der Waals surface area contributed by atoms with E-state index in [2.05, 4.69) is 5.32 Å². The Hall–Kier alpha value is -2.17. The van der Waals surface area contributed by atoms with Gasteiger partial charge in [-0.25, -0.2) is 0 Å². The molecular weight excluding hydrogens is 280 g/mol. The lowest BCUT2D eigenvalue weighted by Crippen LogP contribution is -2.40. The molecule has 1 saturated heterocycles. The number of carbonyl (C=O) groups is 3. The largest absolute Gasteiger partial charge is 0.343 e. The van der Waals surface area contributed by atoms with Crippen molar-refractivity contribution in [3.8, 4) is 0 Å². The molecule has 1 aliphatic heterocycles. The van der Waals surface area contributed by atoms with Gasteiger partial charge in [0.15, 0.2) is 5.78 Å². The average molecular weight is 302 g/mol. The lowest BCUT2D eigenvalue weighted by atomic mass is 9.95. The molecule has 0 bridgehead atoms. The summed E-state index contributed by atoms with van der Waals surface area (Å²) in [5.41, 5.74) is 2.21. The van der Waals surface area contributed by atoms with Gasteiger partial charge < -0.3 is 10.2 Å². The summed E-state index contributed by atoms with van der Waals surface area (Å²) in [5, 5.41) is 2.92. The van der Waals surface area contributed by atoms with Crippen LogP contribution in [0, 0.1) is 12.8 Å². The zero-order valence-electron chi connectivity index (χ0n) is 13.3. The minimum Gasteiger partial charge on any atom is -0.343 e. The predicted octanol–water partition coefficient (Wildman–Crippen LogP) is 2.39. The maximum absolute atomic E-state index is 12.4. The first-order valence-electron chi connectivity index (χ1n) is 7.56. The Morgan fingerprint density at radius 3 is 2.32 bits per heavy atom. The van der Waals surface area contributed by atoms with E-state index in [1.54, 1.807) is 24.0 Å². The first-order chi connectivity index (χ1) is 10.4. The van der Waals surface area contributed by atoms with Crippen LogP contribution in [0.15, 0.2) is 18.2 Å². The molecule has 0 atom stereocenters. The lowest BCUT2D eigenvalue weighted by Gasteiger charge is -2.30. The van der Waals surface area contributed by atoms with Gasteiger partial charge in [0.2, 0.25) is 11.8 Å². The summed E-state index contributed by atoms with van der Waals surface area (Å²) in [4.78, 5) is 36.9. The minimum atomic E-state index is -0.0871. The summed E-state index contributed by atoms with van der Waals surface area (Å²) in [7, 11) is 0. The Balaban J connectivity index is 2.02. The third-order valence-electron chi connectivity index (χ3n) is 4.21. The SMILES string of the molecule is CC(=O)c1ccc(C)c(NC(=O)C2CCN(C(C)=O)CC2)c1. The van der Waals surface area contributed by atoms with Gasteiger partial charge in [-0.05, 0) is 38.3 Å². The first kappa shape index (κ1) is 16.2. The van der Waals surface area contributed by atoms with Crippen molar-refractivity contribution < 1.29 is 14.4 Å². The number of benzene rings is 1. The Kier molecular flexibility index (Phi) is 4.96.